The van der Waals surface area contributed by atoms with Crippen LogP contribution in [0.2, 0.25) is 5.02 Å². The van der Waals surface area contributed by atoms with Gasteiger partial charge >= 0.3 is 0 Å². The van der Waals surface area contributed by atoms with Crippen molar-refractivity contribution in [3.63, 3.8) is 0 Å². The van der Waals surface area contributed by atoms with Crippen LogP contribution in [0.25, 0.3) is 0 Å². The van der Waals surface area contributed by atoms with Gasteiger partial charge < -0.3 is 9.64 Å². The maximum atomic E-state index is 13.1. The van der Waals surface area contributed by atoms with Gasteiger partial charge in [0.05, 0.1) is 19.2 Å². The van der Waals surface area contributed by atoms with E-state index < -0.39 is 0 Å². The predicted octanol–water partition coefficient (Wildman–Crippen LogP) is 3.50. The van der Waals surface area contributed by atoms with E-state index >= 15 is 0 Å². The van der Waals surface area contributed by atoms with Gasteiger partial charge in [-0.15, -0.1) is 0 Å². The fraction of sp³-hybridized carbons (Fsp3) is 0.300. The van der Waals surface area contributed by atoms with Gasteiger partial charge in [0.1, 0.15) is 12.4 Å². The molecule has 0 aliphatic carbocycles. The van der Waals surface area contributed by atoms with Gasteiger partial charge in [-0.25, -0.2) is 0 Å². The predicted molar refractivity (Wildman–Crippen MR) is 101 cm³/mol. The minimum atomic E-state index is -0.100. The molecule has 0 radical (unpaired) electrons. The Labute approximate surface area is 158 Å². The van der Waals surface area contributed by atoms with Crippen LogP contribution in [0.4, 0.5) is 5.69 Å². The number of para-hydroxylation sites is 2. The summed E-state index contributed by atoms with van der Waals surface area (Å²) >= 11 is 5.92. The van der Waals surface area contributed by atoms with Gasteiger partial charge in [-0.3, -0.25) is 14.5 Å². The fourth-order valence-corrected chi connectivity index (χ4v) is 3.16. The molecule has 3 rings (SSSR count). The Kier molecular flexibility index (Phi) is 5.78. The third kappa shape index (κ3) is 4.17. The van der Waals surface area contributed by atoms with E-state index in [1.165, 1.54) is 0 Å². The average Bonchev–Trinajstić information content (AvgIpc) is 3.06. The van der Waals surface area contributed by atoms with Gasteiger partial charge in [0.15, 0.2) is 0 Å². The summed E-state index contributed by atoms with van der Waals surface area (Å²) in [5, 5.41) is 0.630. The molecule has 6 heteroatoms. The SMILES string of the molecule is COc1ccccc1N(CN1CCCC1=O)C(=O)Cc1ccc(Cl)cc1. The van der Waals surface area contributed by atoms with E-state index in [4.69, 9.17) is 16.3 Å². The Morgan fingerprint density at radius 2 is 1.92 bits per heavy atom. The second kappa shape index (κ2) is 8.23. The van der Waals surface area contributed by atoms with E-state index in [9.17, 15) is 9.59 Å². The summed E-state index contributed by atoms with van der Waals surface area (Å²) < 4.78 is 5.42. The Hall–Kier alpha value is -2.53. The molecule has 1 heterocycles. The van der Waals surface area contributed by atoms with E-state index in [-0.39, 0.29) is 24.9 Å². The first-order valence-electron chi connectivity index (χ1n) is 8.54. The zero-order valence-electron chi connectivity index (χ0n) is 14.7. The van der Waals surface area contributed by atoms with E-state index in [0.29, 0.717) is 29.4 Å². The molecule has 0 bridgehead atoms. The average molecular weight is 373 g/mol. The van der Waals surface area contributed by atoms with Crippen LogP contribution in [-0.4, -0.2) is 37.0 Å². The highest BCUT2D eigenvalue weighted by atomic mass is 35.5. The lowest BCUT2D eigenvalue weighted by molar-refractivity contribution is -0.128. The Morgan fingerprint density at radius 1 is 1.19 bits per heavy atom. The number of ether oxygens (including phenoxy) is 1. The Balaban J connectivity index is 1.87. The molecule has 2 aromatic carbocycles. The van der Waals surface area contributed by atoms with Gasteiger partial charge in [-0.05, 0) is 36.2 Å². The molecule has 0 atom stereocenters. The molecule has 0 saturated carbocycles. The molecule has 1 saturated heterocycles. The standard InChI is InChI=1S/C20H21ClN2O3/c1-26-18-6-3-2-5-17(18)23(14-22-12-4-7-19(22)24)20(25)13-15-8-10-16(21)11-9-15/h2-3,5-6,8-11H,4,7,12-14H2,1H3. The molecule has 26 heavy (non-hydrogen) atoms. The van der Waals surface area contributed by atoms with E-state index in [2.05, 4.69) is 0 Å². The maximum absolute atomic E-state index is 13.1. The third-order valence-corrected chi connectivity index (χ3v) is 4.68. The van der Waals surface area contributed by atoms with Gasteiger partial charge in [0.25, 0.3) is 0 Å². The fourth-order valence-electron chi connectivity index (χ4n) is 3.04. The first-order valence-corrected chi connectivity index (χ1v) is 8.92. The number of anilines is 1. The van der Waals surface area contributed by atoms with Crippen LogP contribution >= 0.6 is 11.6 Å². The number of benzene rings is 2. The zero-order valence-corrected chi connectivity index (χ0v) is 15.4. The van der Waals surface area contributed by atoms with Crippen molar-refractivity contribution in [2.45, 2.75) is 19.3 Å². The molecular formula is C20H21ClN2O3. The topological polar surface area (TPSA) is 49.9 Å². The van der Waals surface area contributed by atoms with Crippen LogP contribution in [0.3, 0.4) is 0 Å². The number of rotatable bonds is 6. The van der Waals surface area contributed by atoms with Gasteiger partial charge in [0, 0.05) is 18.0 Å². The number of likely N-dealkylation sites (tertiary alicyclic amines) is 1. The largest absolute Gasteiger partial charge is 0.495 e. The number of carbonyl (C=O) groups excluding carboxylic acids is 2. The highest BCUT2D eigenvalue weighted by molar-refractivity contribution is 6.30. The van der Waals surface area contributed by atoms with Gasteiger partial charge in [-0.2, -0.15) is 0 Å². The maximum Gasteiger partial charge on any atom is 0.233 e. The number of hydrogen-bond acceptors (Lipinski definition) is 3. The Morgan fingerprint density at radius 3 is 2.58 bits per heavy atom. The smallest absolute Gasteiger partial charge is 0.233 e. The summed E-state index contributed by atoms with van der Waals surface area (Å²) in [4.78, 5) is 28.5. The van der Waals surface area contributed by atoms with Crippen molar-refractivity contribution in [1.29, 1.82) is 0 Å². The highest BCUT2D eigenvalue weighted by Gasteiger charge is 2.27. The quantitative estimate of drug-likeness (QED) is 0.779. The van der Waals surface area contributed by atoms with E-state index in [0.717, 1.165) is 12.0 Å². The van der Waals surface area contributed by atoms with Crippen molar-refractivity contribution in [2.24, 2.45) is 0 Å². The summed E-state index contributed by atoms with van der Waals surface area (Å²) in [5.74, 6) is 0.573. The normalized spacial score (nSPS) is 13.8. The minimum absolute atomic E-state index is 0.0733. The monoisotopic (exact) mass is 372 g/mol. The lowest BCUT2D eigenvalue weighted by atomic mass is 10.1. The van der Waals surface area contributed by atoms with Crippen molar-refractivity contribution in [1.82, 2.24) is 4.90 Å². The van der Waals surface area contributed by atoms with Crippen LogP contribution in [-0.2, 0) is 16.0 Å². The molecule has 0 aromatic heterocycles. The van der Waals surface area contributed by atoms with Crippen molar-refractivity contribution < 1.29 is 14.3 Å². The summed E-state index contributed by atoms with van der Waals surface area (Å²) in [6.07, 6.45) is 1.58. The lowest BCUT2D eigenvalue weighted by Crippen LogP contribution is -2.43. The minimum Gasteiger partial charge on any atom is -0.495 e. The molecule has 0 N–H and O–H groups in total. The number of methoxy groups -OCH3 is 1. The molecule has 1 aliphatic heterocycles. The van der Waals surface area contributed by atoms with Crippen molar-refractivity contribution in [3.05, 3.63) is 59.1 Å². The molecule has 2 aromatic rings. The van der Waals surface area contributed by atoms with Crippen LogP contribution in [0.15, 0.2) is 48.5 Å². The van der Waals surface area contributed by atoms with Gasteiger partial charge in [-0.1, -0.05) is 35.9 Å². The summed E-state index contributed by atoms with van der Waals surface area (Å²) in [6.45, 7) is 0.893. The number of hydrogen-bond donors (Lipinski definition) is 0. The summed E-state index contributed by atoms with van der Waals surface area (Å²) in [5.41, 5.74) is 1.53. The number of nitrogens with zero attached hydrogens (tertiary/aromatic N) is 2. The van der Waals surface area contributed by atoms with Crippen molar-refractivity contribution in [3.8, 4) is 5.75 Å². The number of halogens is 1. The van der Waals surface area contributed by atoms with Crippen molar-refractivity contribution in [2.75, 3.05) is 25.2 Å². The molecule has 5 nitrogen and oxygen atoms in total. The van der Waals surface area contributed by atoms with Crippen LogP contribution < -0.4 is 9.64 Å². The van der Waals surface area contributed by atoms with Crippen LogP contribution in [0, 0.1) is 0 Å². The first kappa shape index (κ1) is 18.3. The third-order valence-electron chi connectivity index (χ3n) is 4.43. The number of amides is 2. The summed E-state index contributed by atoms with van der Waals surface area (Å²) in [7, 11) is 1.57. The van der Waals surface area contributed by atoms with E-state index in [1.54, 1.807) is 29.0 Å². The molecule has 1 fully saturated rings. The van der Waals surface area contributed by atoms with Crippen molar-refractivity contribution >= 4 is 29.1 Å². The van der Waals surface area contributed by atoms with Crippen LogP contribution in [0.5, 0.6) is 5.75 Å². The number of carbonyl (C=O) groups is 2. The molecular weight excluding hydrogens is 352 g/mol. The lowest BCUT2D eigenvalue weighted by Gasteiger charge is -2.29. The highest BCUT2D eigenvalue weighted by Crippen LogP contribution is 2.29. The first-order chi connectivity index (χ1) is 12.6. The molecule has 136 valence electrons. The second-order valence-electron chi connectivity index (χ2n) is 6.20. The molecule has 1 aliphatic rings. The zero-order chi connectivity index (χ0) is 18.5. The van der Waals surface area contributed by atoms with Crippen LogP contribution in [0.1, 0.15) is 18.4 Å². The molecule has 2 amide bonds. The molecule has 0 unspecified atom stereocenters. The summed E-state index contributed by atoms with van der Waals surface area (Å²) in [6, 6.07) is 14.5. The van der Waals surface area contributed by atoms with E-state index in [1.807, 2.05) is 36.4 Å². The van der Waals surface area contributed by atoms with Gasteiger partial charge in [0.2, 0.25) is 11.8 Å². The second-order valence-corrected chi connectivity index (χ2v) is 6.64. The molecule has 0 spiro atoms. The Bertz CT molecular complexity index is 792.